The van der Waals surface area contributed by atoms with Crippen LogP contribution in [-0.2, 0) is 7.05 Å². The Hall–Kier alpha value is -2.24. The number of hydrogen-bond donors (Lipinski definition) is 1. The zero-order valence-electron chi connectivity index (χ0n) is 9.75. The van der Waals surface area contributed by atoms with E-state index in [2.05, 4.69) is 5.10 Å². The van der Waals surface area contributed by atoms with Crippen LogP contribution < -0.4 is 5.73 Å². The predicted octanol–water partition coefficient (Wildman–Crippen LogP) is 2.44. The van der Waals surface area contributed by atoms with Crippen LogP contribution in [0.2, 0.25) is 0 Å². The first-order valence-corrected chi connectivity index (χ1v) is 5.11. The molecule has 0 aliphatic rings. The third-order valence-electron chi connectivity index (χ3n) is 2.03. The second-order valence-electron chi connectivity index (χ2n) is 3.50. The summed E-state index contributed by atoms with van der Waals surface area (Å²) in [7, 11) is 1.60. The second kappa shape index (κ2) is 6.48. The molecule has 0 bridgehead atoms. The zero-order chi connectivity index (χ0) is 13.5. The number of benzene rings is 1. The van der Waals surface area contributed by atoms with Crippen molar-refractivity contribution < 1.29 is 13.6 Å². The summed E-state index contributed by atoms with van der Waals surface area (Å²) in [5.41, 5.74) is 6.53. The van der Waals surface area contributed by atoms with Crippen LogP contribution in [0.1, 0.15) is 22.5 Å². The van der Waals surface area contributed by atoms with E-state index in [1.165, 1.54) is 16.9 Å². The Morgan fingerprint density at radius 2 is 1.89 bits per heavy atom. The molecule has 1 heterocycles. The van der Waals surface area contributed by atoms with E-state index in [0.717, 1.165) is 6.29 Å². The molecule has 1 aromatic carbocycles. The Balaban J connectivity index is 0.000000180. The Morgan fingerprint density at radius 3 is 2.22 bits per heavy atom. The molecule has 0 atom stereocenters. The number of nitrogen functional groups attached to an aromatic ring is 1. The van der Waals surface area contributed by atoms with Crippen molar-refractivity contribution in [3.05, 3.63) is 47.8 Å². The molecule has 0 radical (unpaired) electrons. The van der Waals surface area contributed by atoms with Gasteiger partial charge in [0, 0.05) is 24.5 Å². The third-order valence-corrected chi connectivity index (χ3v) is 2.03. The molecule has 6 heteroatoms. The average molecular weight is 253 g/mol. The number of carbonyl (C=O) groups excluding carboxylic acids is 1. The van der Waals surface area contributed by atoms with Gasteiger partial charge in [-0.3, -0.25) is 9.48 Å². The number of anilines is 1. The molecule has 18 heavy (non-hydrogen) atoms. The maximum absolute atomic E-state index is 11.7. The smallest absolute Gasteiger partial charge is 0.282 e. The highest BCUT2D eigenvalue weighted by molar-refractivity contribution is 5.75. The fourth-order valence-corrected chi connectivity index (χ4v) is 1.12. The van der Waals surface area contributed by atoms with Gasteiger partial charge in [-0.1, -0.05) is 0 Å². The molecular formula is C12H13F2N3O. The number of aryl methyl sites for hydroxylation is 1. The van der Waals surface area contributed by atoms with E-state index >= 15 is 0 Å². The zero-order valence-corrected chi connectivity index (χ0v) is 9.75. The van der Waals surface area contributed by atoms with Crippen molar-refractivity contribution in [2.45, 2.75) is 6.43 Å². The predicted molar refractivity (Wildman–Crippen MR) is 64.4 cm³/mol. The van der Waals surface area contributed by atoms with E-state index in [-0.39, 0.29) is 5.69 Å². The van der Waals surface area contributed by atoms with Gasteiger partial charge in [-0.15, -0.1) is 0 Å². The van der Waals surface area contributed by atoms with Crippen molar-refractivity contribution in [2.75, 3.05) is 5.73 Å². The second-order valence-corrected chi connectivity index (χ2v) is 3.50. The van der Waals surface area contributed by atoms with Crippen molar-refractivity contribution in [2.24, 2.45) is 7.05 Å². The number of aldehydes is 1. The van der Waals surface area contributed by atoms with Crippen LogP contribution in [0.15, 0.2) is 36.5 Å². The summed E-state index contributed by atoms with van der Waals surface area (Å²) in [4.78, 5) is 10.1. The summed E-state index contributed by atoms with van der Waals surface area (Å²) in [6.07, 6.45) is -0.174. The van der Waals surface area contributed by atoms with E-state index in [9.17, 15) is 13.6 Å². The molecule has 96 valence electrons. The van der Waals surface area contributed by atoms with E-state index in [4.69, 9.17) is 5.73 Å². The number of hydrogen-bond acceptors (Lipinski definition) is 3. The number of alkyl halides is 2. The van der Waals surface area contributed by atoms with E-state index in [0.29, 0.717) is 11.3 Å². The van der Waals surface area contributed by atoms with Crippen molar-refractivity contribution in [1.82, 2.24) is 9.78 Å². The molecule has 4 nitrogen and oxygen atoms in total. The average Bonchev–Trinajstić information content (AvgIpc) is 2.78. The van der Waals surface area contributed by atoms with Crippen LogP contribution in [-0.4, -0.2) is 16.1 Å². The first kappa shape index (κ1) is 13.8. The SMILES string of the molecule is Cn1ccc(C(F)F)n1.Nc1ccc(C=O)cc1. The maximum Gasteiger partial charge on any atom is 0.282 e. The molecule has 0 amide bonds. The van der Waals surface area contributed by atoms with Gasteiger partial charge in [-0.2, -0.15) is 5.10 Å². The van der Waals surface area contributed by atoms with Crippen LogP contribution in [0.4, 0.5) is 14.5 Å². The molecule has 2 aromatic rings. The summed E-state index contributed by atoms with van der Waals surface area (Å²) in [6, 6.07) is 8.06. The maximum atomic E-state index is 11.7. The van der Waals surface area contributed by atoms with Gasteiger partial charge in [0.1, 0.15) is 12.0 Å². The molecule has 2 N–H and O–H groups in total. The summed E-state index contributed by atoms with van der Waals surface area (Å²) >= 11 is 0. The summed E-state index contributed by atoms with van der Waals surface area (Å²) in [6.45, 7) is 0. The Kier molecular flexibility index (Phi) is 4.98. The standard InChI is InChI=1S/C7H7NO.C5H6F2N2/c8-7-3-1-6(5-9)2-4-7;1-9-3-2-4(8-9)5(6)7/h1-5H,8H2;2-3,5H,1H3. The molecule has 0 saturated heterocycles. The molecule has 0 fully saturated rings. The van der Waals surface area contributed by atoms with Crippen molar-refractivity contribution in [1.29, 1.82) is 0 Å². The minimum absolute atomic E-state index is 0.169. The molecule has 0 saturated carbocycles. The first-order chi connectivity index (χ1) is 8.52. The molecule has 0 unspecified atom stereocenters. The highest BCUT2D eigenvalue weighted by Gasteiger charge is 2.08. The van der Waals surface area contributed by atoms with Gasteiger partial charge in [0.25, 0.3) is 6.43 Å². The topological polar surface area (TPSA) is 60.9 Å². The number of nitrogens with zero attached hydrogens (tertiary/aromatic N) is 2. The van der Waals surface area contributed by atoms with Gasteiger partial charge in [-0.05, 0) is 30.3 Å². The van der Waals surface area contributed by atoms with E-state index in [1.807, 2.05) is 0 Å². The third kappa shape index (κ3) is 4.32. The Morgan fingerprint density at radius 1 is 1.28 bits per heavy atom. The number of rotatable bonds is 2. The van der Waals surface area contributed by atoms with Gasteiger partial charge in [0.15, 0.2) is 0 Å². The van der Waals surface area contributed by atoms with E-state index < -0.39 is 6.43 Å². The Bertz CT molecular complexity index is 494. The normalized spacial score (nSPS) is 9.78. The van der Waals surface area contributed by atoms with Crippen LogP contribution in [0.25, 0.3) is 0 Å². The number of aromatic nitrogens is 2. The lowest BCUT2D eigenvalue weighted by Crippen LogP contribution is -1.90. The quantitative estimate of drug-likeness (QED) is 0.660. The molecule has 0 aliphatic carbocycles. The number of nitrogens with two attached hydrogens (primary N) is 1. The lowest BCUT2D eigenvalue weighted by Gasteiger charge is -1.89. The Labute approximate surface area is 103 Å². The van der Waals surface area contributed by atoms with Gasteiger partial charge in [0.2, 0.25) is 0 Å². The van der Waals surface area contributed by atoms with E-state index in [1.54, 1.807) is 31.3 Å². The molecule has 1 aromatic heterocycles. The molecular weight excluding hydrogens is 240 g/mol. The van der Waals surface area contributed by atoms with Crippen LogP contribution in [0, 0.1) is 0 Å². The largest absolute Gasteiger partial charge is 0.399 e. The summed E-state index contributed by atoms with van der Waals surface area (Å²) in [5.74, 6) is 0. The van der Waals surface area contributed by atoms with Gasteiger partial charge >= 0.3 is 0 Å². The fraction of sp³-hybridized carbons (Fsp3) is 0.167. The molecule has 0 aliphatic heterocycles. The summed E-state index contributed by atoms with van der Waals surface area (Å²) in [5, 5.41) is 3.48. The van der Waals surface area contributed by atoms with Crippen LogP contribution in [0.5, 0.6) is 0 Å². The molecule has 2 rings (SSSR count). The molecule has 0 spiro atoms. The van der Waals surface area contributed by atoms with Crippen LogP contribution >= 0.6 is 0 Å². The number of halogens is 2. The van der Waals surface area contributed by atoms with Gasteiger partial charge in [-0.25, -0.2) is 8.78 Å². The number of carbonyl (C=O) groups is 1. The van der Waals surface area contributed by atoms with Crippen molar-refractivity contribution >= 4 is 12.0 Å². The first-order valence-electron chi connectivity index (χ1n) is 5.11. The minimum Gasteiger partial charge on any atom is -0.399 e. The lowest BCUT2D eigenvalue weighted by atomic mass is 10.2. The van der Waals surface area contributed by atoms with Crippen molar-refractivity contribution in [3.63, 3.8) is 0 Å². The monoisotopic (exact) mass is 253 g/mol. The van der Waals surface area contributed by atoms with Crippen molar-refractivity contribution in [3.8, 4) is 0 Å². The van der Waals surface area contributed by atoms with Gasteiger partial charge in [0.05, 0.1) is 0 Å². The lowest BCUT2D eigenvalue weighted by molar-refractivity contribution is 0.112. The fourth-order valence-electron chi connectivity index (χ4n) is 1.12. The highest BCUT2D eigenvalue weighted by Crippen LogP contribution is 2.14. The van der Waals surface area contributed by atoms with Gasteiger partial charge < -0.3 is 5.73 Å². The van der Waals surface area contributed by atoms with Crippen LogP contribution in [0.3, 0.4) is 0 Å². The highest BCUT2D eigenvalue weighted by atomic mass is 19.3. The minimum atomic E-state index is -2.45. The summed E-state index contributed by atoms with van der Waals surface area (Å²) < 4.78 is 24.8.